The number of nitrogens with zero attached hydrogens (tertiary/aromatic N) is 2. The third-order valence-corrected chi connectivity index (χ3v) is 4.54. The Morgan fingerprint density at radius 3 is 2.95 bits per heavy atom. The number of aromatic nitrogens is 2. The van der Waals surface area contributed by atoms with Crippen LogP contribution in [0.4, 0.5) is 0 Å². The highest BCUT2D eigenvalue weighted by molar-refractivity contribution is 5.95. The minimum absolute atomic E-state index is 0.0365. The van der Waals surface area contributed by atoms with Crippen LogP contribution in [0.5, 0.6) is 0 Å². The SMILES string of the molecule is Cc1cnc2cc(C(=O)NC3CC4CC4C3)ccn12. The number of aryl methyl sites for hydroxylation is 1. The fraction of sp³-hybridized carbons (Fsp3) is 0.467. The zero-order valence-electron chi connectivity index (χ0n) is 11.0. The van der Waals surface area contributed by atoms with E-state index in [1.807, 2.05) is 35.9 Å². The summed E-state index contributed by atoms with van der Waals surface area (Å²) in [6.45, 7) is 2.00. The van der Waals surface area contributed by atoms with Gasteiger partial charge in [-0.05, 0) is 50.2 Å². The van der Waals surface area contributed by atoms with Gasteiger partial charge in [0.2, 0.25) is 0 Å². The predicted molar refractivity (Wildman–Crippen MR) is 72.0 cm³/mol. The predicted octanol–water partition coefficient (Wildman–Crippen LogP) is 2.17. The molecule has 0 saturated heterocycles. The van der Waals surface area contributed by atoms with Crippen molar-refractivity contribution in [1.29, 1.82) is 0 Å². The summed E-state index contributed by atoms with van der Waals surface area (Å²) in [7, 11) is 0. The van der Waals surface area contributed by atoms with Crippen molar-refractivity contribution < 1.29 is 4.79 Å². The van der Waals surface area contributed by atoms with Crippen molar-refractivity contribution in [2.75, 3.05) is 0 Å². The van der Waals surface area contributed by atoms with Crippen LogP contribution in [0.25, 0.3) is 5.65 Å². The van der Waals surface area contributed by atoms with Gasteiger partial charge >= 0.3 is 0 Å². The Morgan fingerprint density at radius 2 is 2.16 bits per heavy atom. The van der Waals surface area contributed by atoms with Crippen LogP contribution < -0.4 is 5.32 Å². The standard InChI is InChI=1S/C15H17N3O/c1-9-8-16-14-7-10(2-3-18(9)14)15(19)17-13-5-11-4-12(11)6-13/h2-3,7-8,11-13H,4-6H2,1H3,(H,17,19). The van der Waals surface area contributed by atoms with E-state index in [9.17, 15) is 4.79 Å². The summed E-state index contributed by atoms with van der Waals surface area (Å²) >= 11 is 0. The van der Waals surface area contributed by atoms with Crippen molar-refractivity contribution in [3.63, 3.8) is 0 Å². The number of carbonyl (C=O) groups is 1. The van der Waals surface area contributed by atoms with Gasteiger partial charge in [-0.15, -0.1) is 0 Å². The molecule has 19 heavy (non-hydrogen) atoms. The fourth-order valence-corrected chi connectivity index (χ4v) is 3.35. The van der Waals surface area contributed by atoms with E-state index in [4.69, 9.17) is 0 Å². The molecular weight excluding hydrogens is 238 g/mol. The maximum Gasteiger partial charge on any atom is 0.251 e. The molecule has 0 aromatic carbocycles. The van der Waals surface area contributed by atoms with Gasteiger partial charge in [0, 0.05) is 29.7 Å². The lowest BCUT2D eigenvalue weighted by Gasteiger charge is -2.14. The normalized spacial score (nSPS) is 28.4. The molecule has 0 aliphatic heterocycles. The maximum atomic E-state index is 12.2. The van der Waals surface area contributed by atoms with Crippen LogP contribution in [0, 0.1) is 18.8 Å². The number of amides is 1. The van der Waals surface area contributed by atoms with Crippen LogP contribution in [0.15, 0.2) is 24.5 Å². The Balaban J connectivity index is 1.54. The molecule has 1 N–H and O–H groups in total. The van der Waals surface area contributed by atoms with Gasteiger partial charge in [0.05, 0.1) is 0 Å². The summed E-state index contributed by atoms with van der Waals surface area (Å²) in [5, 5.41) is 3.15. The van der Waals surface area contributed by atoms with Crippen molar-refractivity contribution in [1.82, 2.24) is 14.7 Å². The summed E-state index contributed by atoms with van der Waals surface area (Å²) in [5.74, 6) is 1.82. The molecule has 2 aromatic rings. The molecule has 2 aliphatic carbocycles. The first-order valence-corrected chi connectivity index (χ1v) is 6.95. The van der Waals surface area contributed by atoms with Crippen molar-refractivity contribution in [3.05, 3.63) is 35.8 Å². The summed E-state index contributed by atoms with van der Waals surface area (Å²) < 4.78 is 1.99. The second kappa shape index (κ2) is 3.83. The van der Waals surface area contributed by atoms with Gasteiger partial charge < -0.3 is 9.72 Å². The molecule has 2 atom stereocenters. The Hall–Kier alpha value is -1.84. The van der Waals surface area contributed by atoms with Gasteiger partial charge in [0.1, 0.15) is 5.65 Å². The van der Waals surface area contributed by atoms with Crippen molar-refractivity contribution >= 4 is 11.6 Å². The Morgan fingerprint density at radius 1 is 1.37 bits per heavy atom. The molecule has 0 radical (unpaired) electrons. The number of carbonyl (C=O) groups excluding carboxylic acids is 1. The minimum Gasteiger partial charge on any atom is -0.349 e. The van der Waals surface area contributed by atoms with Crippen LogP contribution in [0.2, 0.25) is 0 Å². The second-order valence-corrected chi connectivity index (χ2v) is 5.94. The van der Waals surface area contributed by atoms with E-state index < -0.39 is 0 Å². The highest BCUT2D eigenvalue weighted by atomic mass is 16.1. The molecule has 1 amide bonds. The number of imidazole rings is 1. The van der Waals surface area contributed by atoms with E-state index in [-0.39, 0.29) is 5.91 Å². The molecule has 2 saturated carbocycles. The molecule has 98 valence electrons. The molecule has 2 aromatic heterocycles. The number of hydrogen-bond acceptors (Lipinski definition) is 2. The van der Waals surface area contributed by atoms with E-state index in [0.717, 1.165) is 23.2 Å². The largest absolute Gasteiger partial charge is 0.349 e. The fourth-order valence-electron chi connectivity index (χ4n) is 3.35. The summed E-state index contributed by atoms with van der Waals surface area (Å²) in [6, 6.07) is 4.11. The Kier molecular flexibility index (Phi) is 2.22. The zero-order valence-corrected chi connectivity index (χ0v) is 11.0. The molecule has 2 unspecified atom stereocenters. The van der Waals surface area contributed by atoms with Gasteiger partial charge in [-0.1, -0.05) is 0 Å². The van der Waals surface area contributed by atoms with Crippen LogP contribution in [0.3, 0.4) is 0 Å². The molecule has 0 bridgehead atoms. The molecule has 4 nitrogen and oxygen atoms in total. The quantitative estimate of drug-likeness (QED) is 0.894. The highest BCUT2D eigenvalue weighted by Gasteiger charge is 2.46. The lowest BCUT2D eigenvalue weighted by molar-refractivity contribution is 0.0935. The van der Waals surface area contributed by atoms with Crippen LogP contribution >= 0.6 is 0 Å². The van der Waals surface area contributed by atoms with E-state index in [1.165, 1.54) is 19.3 Å². The van der Waals surface area contributed by atoms with Crippen molar-refractivity contribution in [3.8, 4) is 0 Å². The lowest BCUT2D eigenvalue weighted by atomic mass is 10.1. The molecule has 2 heterocycles. The van der Waals surface area contributed by atoms with Crippen molar-refractivity contribution in [2.24, 2.45) is 11.8 Å². The Labute approximate surface area is 111 Å². The van der Waals surface area contributed by atoms with E-state index in [0.29, 0.717) is 11.6 Å². The monoisotopic (exact) mass is 255 g/mol. The first kappa shape index (κ1) is 11.0. The van der Waals surface area contributed by atoms with Crippen LogP contribution in [-0.2, 0) is 0 Å². The number of pyridine rings is 1. The molecule has 4 heteroatoms. The van der Waals surface area contributed by atoms with Gasteiger partial charge in [-0.25, -0.2) is 4.98 Å². The molecule has 2 fully saturated rings. The first-order valence-electron chi connectivity index (χ1n) is 6.95. The van der Waals surface area contributed by atoms with E-state index in [2.05, 4.69) is 10.3 Å². The average molecular weight is 255 g/mol. The highest BCUT2D eigenvalue weighted by Crippen LogP contribution is 2.51. The topological polar surface area (TPSA) is 46.4 Å². The number of fused-ring (bicyclic) bond motifs is 2. The minimum atomic E-state index is 0.0365. The summed E-state index contributed by atoms with van der Waals surface area (Å²) in [4.78, 5) is 16.5. The molecular formula is C15H17N3O. The number of rotatable bonds is 2. The third kappa shape index (κ3) is 1.82. The number of hydrogen-bond donors (Lipinski definition) is 1. The summed E-state index contributed by atoms with van der Waals surface area (Å²) in [5.41, 5.74) is 2.62. The van der Waals surface area contributed by atoms with Crippen molar-refractivity contribution in [2.45, 2.75) is 32.2 Å². The summed E-state index contributed by atoms with van der Waals surface area (Å²) in [6.07, 6.45) is 7.45. The average Bonchev–Trinajstić information content (AvgIpc) is 2.85. The Bertz CT molecular complexity index is 650. The van der Waals surface area contributed by atoms with Gasteiger partial charge in [-0.2, -0.15) is 0 Å². The van der Waals surface area contributed by atoms with E-state index in [1.54, 1.807) is 0 Å². The van der Waals surface area contributed by atoms with E-state index >= 15 is 0 Å². The zero-order chi connectivity index (χ0) is 13.0. The number of nitrogens with one attached hydrogen (secondary N) is 1. The lowest BCUT2D eigenvalue weighted by Crippen LogP contribution is -2.33. The first-order chi connectivity index (χ1) is 9.20. The van der Waals surface area contributed by atoms with Gasteiger partial charge in [-0.3, -0.25) is 4.79 Å². The van der Waals surface area contributed by atoms with Gasteiger partial charge in [0.25, 0.3) is 5.91 Å². The molecule has 4 rings (SSSR count). The maximum absolute atomic E-state index is 12.2. The molecule has 0 spiro atoms. The van der Waals surface area contributed by atoms with Crippen LogP contribution in [0.1, 0.15) is 35.3 Å². The smallest absolute Gasteiger partial charge is 0.251 e. The third-order valence-electron chi connectivity index (χ3n) is 4.54. The van der Waals surface area contributed by atoms with Crippen LogP contribution in [-0.4, -0.2) is 21.3 Å². The van der Waals surface area contributed by atoms with Gasteiger partial charge in [0.15, 0.2) is 0 Å². The second-order valence-electron chi connectivity index (χ2n) is 5.94. The molecule has 2 aliphatic rings.